The van der Waals surface area contributed by atoms with E-state index in [4.69, 9.17) is 9.47 Å². The maximum absolute atomic E-state index is 14.1. The summed E-state index contributed by atoms with van der Waals surface area (Å²) in [6.07, 6.45) is -15.2. The second kappa shape index (κ2) is 19.0. The van der Waals surface area contributed by atoms with E-state index in [1.165, 1.54) is 18.2 Å². The lowest BCUT2D eigenvalue weighted by molar-refractivity contribution is -0.399. The minimum absolute atomic E-state index is 0.101. The average molecular weight is 926 g/mol. The molecule has 1 aliphatic rings. The van der Waals surface area contributed by atoms with Crippen LogP contribution in [0.25, 0.3) is 6.08 Å². The number of rotatable bonds is 21. The predicted octanol–water partition coefficient (Wildman–Crippen LogP) is 11.0. The van der Waals surface area contributed by atoms with Crippen LogP contribution >= 0.6 is 0 Å². The number of carbonyl (C=O) groups excluding carboxylic acids is 2. The first-order valence-corrected chi connectivity index (χ1v) is 18.0. The number of nitrogens with one attached hydrogen (secondary N) is 1. The van der Waals surface area contributed by atoms with Crippen molar-refractivity contribution in [2.24, 2.45) is 5.41 Å². The molecule has 25 heteroatoms. The van der Waals surface area contributed by atoms with Crippen molar-refractivity contribution in [1.82, 2.24) is 5.32 Å². The molecule has 0 heterocycles. The highest BCUT2D eigenvalue weighted by Gasteiger charge is 2.82. The van der Waals surface area contributed by atoms with Crippen LogP contribution in [0.2, 0.25) is 0 Å². The van der Waals surface area contributed by atoms with Crippen LogP contribution in [0.1, 0.15) is 78.2 Å². The molecule has 0 unspecified atom stereocenters. The molecular weight excluding hydrogens is 884 g/mol. The summed E-state index contributed by atoms with van der Waals surface area (Å²) in [5, 5.41) is 2.98. The molecule has 7 nitrogen and oxygen atoms in total. The number of carbonyl (C=O) groups is 2. The van der Waals surface area contributed by atoms with E-state index in [2.05, 4.69) is 14.8 Å². The van der Waals surface area contributed by atoms with Crippen LogP contribution in [0.3, 0.4) is 0 Å². The van der Waals surface area contributed by atoms with Crippen LogP contribution in [0.15, 0.2) is 30.3 Å². The summed E-state index contributed by atoms with van der Waals surface area (Å²) in [7, 11) is 0. The Bertz CT molecular complexity index is 1580. The molecule has 61 heavy (non-hydrogen) atoms. The molecule has 1 aliphatic carbocycles. The van der Waals surface area contributed by atoms with Gasteiger partial charge in [-0.3, -0.25) is 4.79 Å². The van der Waals surface area contributed by atoms with E-state index >= 15 is 0 Å². The summed E-state index contributed by atoms with van der Waals surface area (Å²) < 4.78 is 259. The Kier molecular flexibility index (Phi) is 16.7. The third-order valence-corrected chi connectivity index (χ3v) is 9.65. The topological polar surface area (TPSA) is 83.1 Å². The van der Waals surface area contributed by atoms with Gasteiger partial charge in [-0.15, -0.1) is 0 Å². The van der Waals surface area contributed by atoms with Crippen molar-refractivity contribution >= 4 is 18.0 Å². The quantitative estimate of drug-likeness (QED) is 0.0572. The zero-order valence-electron chi connectivity index (χ0n) is 32.4. The fourth-order valence-corrected chi connectivity index (χ4v) is 5.17. The zero-order chi connectivity index (χ0) is 47.3. The van der Waals surface area contributed by atoms with Crippen molar-refractivity contribution < 1.29 is 108 Å². The van der Waals surface area contributed by atoms with Crippen molar-refractivity contribution in [2.75, 3.05) is 19.8 Å². The average Bonchev–Trinajstić information content (AvgIpc) is 3.13. The van der Waals surface area contributed by atoms with Gasteiger partial charge in [0.25, 0.3) is 0 Å². The number of amides is 1. The maximum Gasteiger partial charge on any atom is 0.460 e. The Morgan fingerprint density at radius 2 is 1.08 bits per heavy atom. The van der Waals surface area contributed by atoms with Gasteiger partial charge in [-0.05, 0) is 62.8 Å². The number of alkyl halides is 18. The lowest BCUT2D eigenvalue weighted by atomic mass is 9.87. The van der Waals surface area contributed by atoms with Crippen LogP contribution in [0.4, 0.5) is 79.0 Å². The first kappa shape index (κ1) is 53.5. The molecule has 1 saturated carbocycles. The number of esters is 1. The Morgan fingerprint density at radius 3 is 1.48 bits per heavy atom. The van der Waals surface area contributed by atoms with E-state index in [-0.39, 0.29) is 23.3 Å². The molecule has 0 radical (unpaired) electrons. The largest absolute Gasteiger partial charge is 0.488 e. The van der Waals surface area contributed by atoms with Crippen molar-refractivity contribution in [2.45, 2.75) is 138 Å². The Morgan fingerprint density at radius 1 is 0.656 bits per heavy atom. The number of hydrogen-bond donors (Lipinski definition) is 1. The molecule has 0 spiro atoms. The van der Waals surface area contributed by atoms with Gasteiger partial charge in [0.05, 0.1) is 13.2 Å². The highest BCUT2D eigenvalue weighted by atomic mass is 19.4. The molecule has 0 saturated heterocycles. The summed E-state index contributed by atoms with van der Waals surface area (Å²) in [6, 6.07) is 4.59. The number of hydrogen-bond acceptors (Lipinski definition) is 6. The smallest absolute Gasteiger partial charge is 0.460 e. The Balaban J connectivity index is 2.14. The molecule has 0 aromatic heterocycles. The molecule has 1 aromatic carbocycles. The summed E-state index contributed by atoms with van der Waals surface area (Å²) in [5.41, 5.74) is -0.274. The normalized spacial score (nSPS) is 18.3. The SMILES string of the molecule is CCC(C)(C)C(=O)N[C@H]1CC[C@H](OC(=O)/C=C/c2ccc(OCC(C)(OCCC(F)(F)C(F)(F)C(F)(F)C(F)(F)F)OCCC(F)(F)C(F)(F)C(F)(F)C(F)(F)F)cc2)CC1. The van der Waals surface area contributed by atoms with Crippen LogP contribution in [-0.2, 0) is 23.8 Å². The molecule has 0 atom stereocenters. The van der Waals surface area contributed by atoms with Gasteiger partial charge in [-0.2, -0.15) is 79.0 Å². The lowest BCUT2D eigenvalue weighted by Gasteiger charge is -2.36. The minimum atomic E-state index is -7.31. The highest BCUT2D eigenvalue weighted by molar-refractivity contribution is 5.87. The van der Waals surface area contributed by atoms with E-state index in [1.807, 2.05) is 20.8 Å². The maximum atomic E-state index is 14.1. The summed E-state index contributed by atoms with van der Waals surface area (Å²) in [4.78, 5) is 24.8. The summed E-state index contributed by atoms with van der Waals surface area (Å²) >= 11 is 0. The second-order valence-electron chi connectivity index (χ2n) is 14.8. The van der Waals surface area contributed by atoms with Gasteiger partial charge in [0.1, 0.15) is 18.5 Å². The predicted molar refractivity (Wildman–Crippen MR) is 177 cm³/mol. The van der Waals surface area contributed by atoms with Crippen LogP contribution in [-0.4, -0.2) is 97.5 Å². The van der Waals surface area contributed by atoms with Crippen molar-refractivity contribution in [3.63, 3.8) is 0 Å². The molecule has 352 valence electrons. The molecule has 0 aliphatic heterocycles. The lowest BCUT2D eigenvalue weighted by Crippen LogP contribution is -2.61. The van der Waals surface area contributed by atoms with Crippen LogP contribution in [0.5, 0.6) is 5.75 Å². The monoisotopic (exact) mass is 925 g/mol. The Hall–Kier alpha value is -3.64. The van der Waals surface area contributed by atoms with Crippen molar-refractivity contribution in [3.8, 4) is 5.75 Å². The molecule has 1 amide bonds. The first-order valence-electron chi connectivity index (χ1n) is 18.0. The third-order valence-electron chi connectivity index (χ3n) is 9.65. The van der Waals surface area contributed by atoms with Gasteiger partial charge in [0.15, 0.2) is 5.79 Å². The van der Waals surface area contributed by atoms with Gasteiger partial charge >= 0.3 is 53.9 Å². The summed E-state index contributed by atoms with van der Waals surface area (Å²) in [5.74, 6) is -45.4. The molecule has 1 fully saturated rings. The van der Waals surface area contributed by atoms with Crippen molar-refractivity contribution in [3.05, 3.63) is 35.9 Å². The zero-order valence-corrected chi connectivity index (χ0v) is 32.4. The van der Waals surface area contributed by atoms with E-state index in [0.717, 1.165) is 18.2 Å². The molecule has 2 rings (SSSR count). The van der Waals surface area contributed by atoms with Crippen LogP contribution < -0.4 is 10.1 Å². The third kappa shape index (κ3) is 12.7. The summed E-state index contributed by atoms with van der Waals surface area (Å²) in [6.45, 7) is 0.705. The van der Waals surface area contributed by atoms with E-state index in [1.54, 1.807) is 0 Å². The van der Waals surface area contributed by atoms with Crippen LogP contribution in [0, 0.1) is 5.41 Å². The van der Waals surface area contributed by atoms with Gasteiger partial charge < -0.3 is 24.3 Å². The minimum Gasteiger partial charge on any atom is -0.488 e. The highest BCUT2D eigenvalue weighted by Crippen LogP contribution is 2.55. The molecule has 1 N–H and O–H groups in total. The Labute approximate surface area is 336 Å². The van der Waals surface area contributed by atoms with Gasteiger partial charge in [0.2, 0.25) is 5.91 Å². The van der Waals surface area contributed by atoms with Gasteiger partial charge in [-0.25, -0.2) is 4.79 Å². The van der Waals surface area contributed by atoms with E-state index in [0.29, 0.717) is 39.0 Å². The molecule has 0 bridgehead atoms. The standard InChI is InChI=1S/C36H41F18NO6/c1-5-27(2,3)26(57)55-22-9-13-24(14-10-22)61-25(56)15-8-21-6-11-23(12-7-21)58-20-28(4,59-18-16-29(37,38)31(41,42)33(45,46)35(49,50)51)60-19-17-30(39,40)32(43,44)34(47,48)36(52,53)54/h6-8,11-12,15,22,24H,5,9-10,13-14,16-20H2,1-4H3,(H,55,57)/b15-8+/t22-,24-. The molecular formula is C36H41F18NO6. The second-order valence-corrected chi connectivity index (χ2v) is 14.8. The number of halogens is 18. The first-order chi connectivity index (χ1) is 27.4. The van der Waals surface area contributed by atoms with Gasteiger partial charge in [-0.1, -0.05) is 32.9 Å². The van der Waals surface area contributed by atoms with E-state index < -0.39 is 104 Å². The van der Waals surface area contributed by atoms with E-state index in [9.17, 15) is 88.6 Å². The fourth-order valence-electron chi connectivity index (χ4n) is 5.17. The van der Waals surface area contributed by atoms with Crippen molar-refractivity contribution in [1.29, 1.82) is 0 Å². The number of benzene rings is 1. The number of ether oxygens (including phenoxy) is 4. The molecule has 1 aromatic rings. The fraction of sp³-hybridized carbons (Fsp3) is 0.722. The van der Waals surface area contributed by atoms with Gasteiger partial charge in [0, 0.05) is 30.4 Å².